The third kappa shape index (κ3) is 3.30. The normalized spacial score (nSPS) is 15.4. The van der Waals surface area contributed by atoms with Crippen LogP contribution in [0.1, 0.15) is 44.4 Å². The molecule has 0 amide bonds. The first kappa shape index (κ1) is 12.2. The van der Waals surface area contributed by atoms with Crippen LogP contribution in [0.2, 0.25) is 0 Å². The van der Waals surface area contributed by atoms with Gasteiger partial charge in [-0.15, -0.1) is 11.3 Å². The van der Waals surface area contributed by atoms with E-state index in [-0.39, 0.29) is 11.5 Å². The molecule has 0 bridgehead atoms. The van der Waals surface area contributed by atoms with Crippen molar-refractivity contribution >= 4 is 17.2 Å². The van der Waals surface area contributed by atoms with Gasteiger partial charge in [0, 0.05) is 16.5 Å². The van der Waals surface area contributed by atoms with Crippen LogP contribution in [-0.4, -0.2) is 10.8 Å². The van der Waals surface area contributed by atoms with Gasteiger partial charge < -0.3 is 5.73 Å². The SMILES string of the molecule is Cc1csc(C(C)N=C(N)C(C)(C)C)n1. The highest BCUT2D eigenvalue weighted by atomic mass is 32.1. The van der Waals surface area contributed by atoms with Gasteiger partial charge in [0.05, 0.1) is 5.84 Å². The molecule has 3 nitrogen and oxygen atoms in total. The molecule has 0 aromatic carbocycles. The van der Waals surface area contributed by atoms with Gasteiger partial charge in [-0.05, 0) is 13.8 Å². The largest absolute Gasteiger partial charge is 0.387 e. The molecule has 0 fully saturated rings. The predicted octanol–water partition coefficient (Wildman–Crippen LogP) is 2.92. The number of thiazole rings is 1. The van der Waals surface area contributed by atoms with Crippen molar-refractivity contribution in [2.24, 2.45) is 16.1 Å². The van der Waals surface area contributed by atoms with Crippen LogP contribution >= 0.6 is 11.3 Å². The molecule has 1 unspecified atom stereocenters. The summed E-state index contributed by atoms with van der Waals surface area (Å²) in [7, 11) is 0. The molecular formula is C11H19N3S. The predicted molar refractivity (Wildman–Crippen MR) is 66.3 cm³/mol. The summed E-state index contributed by atoms with van der Waals surface area (Å²) in [6.45, 7) is 10.2. The first-order valence-electron chi connectivity index (χ1n) is 5.06. The number of hydrogen-bond acceptors (Lipinski definition) is 3. The van der Waals surface area contributed by atoms with Crippen molar-refractivity contribution < 1.29 is 0 Å². The quantitative estimate of drug-likeness (QED) is 0.621. The fourth-order valence-electron chi connectivity index (χ4n) is 1.02. The van der Waals surface area contributed by atoms with E-state index in [1.165, 1.54) is 0 Å². The van der Waals surface area contributed by atoms with Gasteiger partial charge in [-0.2, -0.15) is 0 Å². The highest BCUT2D eigenvalue weighted by Gasteiger charge is 2.17. The molecule has 1 rings (SSSR count). The number of aliphatic imine (C=N–C) groups is 1. The highest BCUT2D eigenvalue weighted by Crippen LogP contribution is 2.23. The second-order valence-electron chi connectivity index (χ2n) is 4.77. The van der Waals surface area contributed by atoms with Gasteiger partial charge >= 0.3 is 0 Å². The van der Waals surface area contributed by atoms with Crippen LogP contribution in [0.25, 0.3) is 0 Å². The first-order valence-corrected chi connectivity index (χ1v) is 5.94. The number of hydrogen-bond donors (Lipinski definition) is 1. The van der Waals surface area contributed by atoms with Crippen molar-refractivity contribution in [3.05, 3.63) is 16.1 Å². The Bertz CT molecular complexity index is 360. The summed E-state index contributed by atoms with van der Waals surface area (Å²) in [5.74, 6) is 0.683. The lowest BCUT2D eigenvalue weighted by Crippen LogP contribution is -2.29. The van der Waals surface area contributed by atoms with E-state index >= 15 is 0 Å². The van der Waals surface area contributed by atoms with Gasteiger partial charge in [0.2, 0.25) is 0 Å². The number of aromatic nitrogens is 1. The summed E-state index contributed by atoms with van der Waals surface area (Å²) in [4.78, 5) is 8.88. The molecule has 0 saturated heterocycles. The second-order valence-corrected chi connectivity index (χ2v) is 5.66. The molecule has 84 valence electrons. The zero-order valence-electron chi connectivity index (χ0n) is 10.0. The number of amidine groups is 1. The van der Waals surface area contributed by atoms with Gasteiger partial charge in [0.15, 0.2) is 0 Å². The molecule has 1 aromatic rings. The lowest BCUT2D eigenvalue weighted by molar-refractivity contribution is 0.575. The van der Waals surface area contributed by atoms with Crippen molar-refractivity contribution in [3.8, 4) is 0 Å². The van der Waals surface area contributed by atoms with E-state index < -0.39 is 0 Å². The maximum Gasteiger partial charge on any atom is 0.117 e. The fourth-order valence-corrected chi connectivity index (χ4v) is 1.81. The minimum Gasteiger partial charge on any atom is -0.387 e. The van der Waals surface area contributed by atoms with Gasteiger partial charge in [0.1, 0.15) is 11.0 Å². The lowest BCUT2D eigenvalue weighted by Gasteiger charge is -2.18. The van der Waals surface area contributed by atoms with E-state index in [2.05, 4.69) is 30.7 Å². The van der Waals surface area contributed by atoms with Crippen LogP contribution in [0.4, 0.5) is 0 Å². The standard InChI is InChI=1S/C11H19N3S/c1-7-6-15-9(13-7)8(2)14-10(12)11(3,4)5/h6,8H,1-5H3,(H2,12,14). The summed E-state index contributed by atoms with van der Waals surface area (Å²) < 4.78 is 0. The summed E-state index contributed by atoms with van der Waals surface area (Å²) in [6.07, 6.45) is 0. The average Bonchev–Trinajstić information content (AvgIpc) is 2.50. The third-order valence-electron chi connectivity index (χ3n) is 2.10. The summed E-state index contributed by atoms with van der Waals surface area (Å²) in [6, 6.07) is 0.0583. The van der Waals surface area contributed by atoms with Crippen molar-refractivity contribution in [2.75, 3.05) is 0 Å². The molecule has 0 radical (unpaired) electrons. The molecule has 0 aliphatic heterocycles. The Morgan fingerprint density at radius 1 is 1.53 bits per heavy atom. The van der Waals surface area contributed by atoms with Crippen LogP contribution in [0.3, 0.4) is 0 Å². The smallest absolute Gasteiger partial charge is 0.117 e. The van der Waals surface area contributed by atoms with Crippen LogP contribution in [-0.2, 0) is 0 Å². The van der Waals surface area contributed by atoms with E-state index in [1.807, 2.05) is 19.2 Å². The molecule has 0 aliphatic carbocycles. The van der Waals surface area contributed by atoms with Crippen molar-refractivity contribution in [1.29, 1.82) is 0 Å². The maximum atomic E-state index is 5.92. The first-order chi connectivity index (χ1) is 6.80. The zero-order valence-corrected chi connectivity index (χ0v) is 10.9. The van der Waals surface area contributed by atoms with E-state index in [0.717, 1.165) is 10.7 Å². The van der Waals surface area contributed by atoms with E-state index in [9.17, 15) is 0 Å². The van der Waals surface area contributed by atoms with Crippen LogP contribution in [0.5, 0.6) is 0 Å². The molecule has 1 atom stereocenters. The topological polar surface area (TPSA) is 51.3 Å². The molecule has 0 saturated carbocycles. The van der Waals surface area contributed by atoms with Crippen LogP contribution in [0, 0.1) is 12.3 Å². The molecule has 15 heavy (non-hydrogen) atoms. The Hall–Kier alpha value is -0.900. The van der Waals surface area contributed by atoms with Crippen molar-refractivity contribution in [2.45, 2.75) is 40.7 Å². The van der Waals surface area contributed by atoms with Crippen molar-refractivity contribution in [3.63, 3.8) is 0 Å². The molecule has 0 aliphatic rings. The van der Waals surface area contributed by atoms with Crippen LogP contribution in [0.15, 0.2) is 10.4 Å². The second kappa shape index (κ2) is 4.31. The Balaban J connectivity index is 2.83. The van der Waals surface area contributed by atoms with Gasteiger partial charge in [-0.25, -0.2) is 4.98 Å². The Morgan fingerprint density at radius 3 is 2.53 bits per heavy atom. The number of nitrogens with two attached hydrogens (primary N) is 1. The van der Waals surface area contributed by atoms with Gasteiger partial charge in [-0.3, -0.25) is 4.99 Å². The maximum absolute atomic E-state index is 5.92. The van der Waals surface area contributed by atoms with Gasteiger partial charge in [0.25, 0.3) is 0 Å². The lowest BCUT2D eigenvalue weighted by atomic mass is 9.95. The molecule has 2 N–H and O–H groups in total. The van der Waals surface area contributed by atoms with E-state index in [0.29, 0.717) is 5.84 Å². The Labute approximate surface area is 95.4 Å². The molecule has 0 spiro atoms. The highest BCUT2D eigenvalue weighted by molar-refractivity contribution is 7.09. The molecule has 1 heterocycles. The molecular weight excluding hydrogens is 206 g/mol. The summed E-state index contributed by atoms with van der Waals surface area (Å²) >= 11 is 1.64. The minimum atomic E-state index is -0.0689. The Kier molecular flexibility index (Phi) is 3.50. The third-order valence-corrected chi connectivity index (χ3v) is 3.23. The van der Waals surface area contributed by atoms with E-state index in [1.54, 1.807) is 11.3 Å². The zero-order chi connectivity index (χ0) is 11.6. The van der Waals surface area contributed by atoms with E-state index in [4.69, 9.17) is 5.73 Å². The number of aryl methyl sites for hydroxylation is 1. The molecule has 1 aromatic heterocycles. The minimum absolute atomic E-state index is 0.0583. The number of rotatable bonds is 2. The monoisotopic (exact) mass is 225 g/mol. The Morgan fingerprint density at radius 2 is 2.13 bits per heavy atom. The summed E-state index contributed by atoms with van der Waals surface area (Å²) in [5, 5.41) is 3.06. The number of nitrogens with zero attached hydrogens (tertiary/aromatic N) is 2. The van der Waals surface area contributed by atoms with Crippen molar-refractivity contribution in [1.82, 2.24) is 4.98 Å². The fraction of sp³-hybridized carbons (Fsp3) is 0.636. The molecule has 4 heteroatoms. The summed E-state index contributed by atoms with van der Waals surface area (Å²) in [5.41, 5.74) is 6.90. The van der Waals surface area contributed by atoms with Gasteiger partial charge in [-0.1, -0.05) is 20.8 Å². The van der Waals surface area contributed by atoms with Crippen LogP contribution < -0.4 is 5.73 Å². The average molecular weight is 225 g/mol.